The summed E-state index contributed by atoms with van der Waals surface area (Å²) in [6.45, 7) is 5.10. The van der Waals surface area contributed by atoms with Gasteiger partial charge in [-0.25, -0.2) is 4.39 Å². The molecule has 1 aromatic heterocycles. The lowest BCUT2D eigenvalue weighted by molar-refractivity contribution is -0.385. The minimum atomic E-state index is -0.491. The van der Waals surface area contributed by atoms with Crippen LogP contribution in [0, 0.1) is 36.7 Å². The second kappa shape index (κ2) is 7.03. The van der Waals surface area contributed by atoms with Gasteiger partial charge in [0.2, 0.25) is 0 Å². The predicted octanol–water partition coefficient (Wildman–Crippen LogP) is 4.70. The Hall–Kier alpha value is -3.48. The Kier molecular flexibility index (Phi) is 4.77. The van der Waals surface area contributed by atoms with E-state index in [2.05, 4.69) is 5.32 Å². The standard InChI is InChI=1S/C20H18FN3O3/c1-12-11-15(14(3)23(12)19-9-5-4-7-16(19)21)20(25)22-17-8-6-10-18(13(17)2)24(26)27/h4-11H,1-3H3,(H,22,25). The van der Waals surface area contributed by atoms with Gasteiger partial charge in [0.05, 0.1) is 27.4 Å². The van der Waals surface area contributed by atoms with Gasteiger partial charge in [0, 0.05) is 17.5 Å². The summed E-state index contributed by atoms with van der Waals surface area (Å²) in [5.74, 6) is -0.796. The van der Waals surface area contributed by atoms with Gasteiger partial charge >= 0.3 is 0 Å². The Balaban J connectivity index is 1.98. The third kappa shape index (κ3) is 3.31. The molecule has 0 aliphatic heterocycles. The van der Waals surface area contributed by atoms with E-state index < -0.39 is 10.8 Å². The van der Waals surface area contributed by atoms with Crippen LogP contribution in [0.3, 0.4) is 0 Å². The van der Waals surface area contributed by atoms with Crippen molar-refractivity contribution in [2.75, 3.05) is 5.32 Å². The normalized spacial score (nSPS) is 10.7. The third-order valence-corrected chi connectivity index (χ3v) is 4.52. The summed E-state index contributed by atoms with van der Waals surface area (Å²) in [5.41, 5.74) is 2.70. The minimum Gasteiger partial charge on any atom is -0.321 e. The van der Waals surface area contributed by atoms with Crippen molar-refractivity contribution < 1.29 is 14.1 Å². The van der Waals surface area contributed by atoms with E-state index in [1.807, 2.05) is 0 Å². The number of amides is 1. The molecule has 0 saturated carbocycles. The molecule has 0 unspecified atom stereocenters. The molecule has 138 valence electrons. The van der Waals surface area contributed by atoms with Crippen molar-refractivity contribution in [1.29, 1.82) is 0 Å². The third-order valence-electron chi connectivity index (χ3n) is 4.52. The van der Waals surface area contributed by atoms with Crippen molar-refractivity contribution in [3.05, 3.63) is 87.0 Å². The number of hydrogen-bond donors (Lipinski definition) is 1. The highest BCUT2D eigenvalue weighted by Gasteiger charge is 2.20. The van der Waals surface area contributed by atoms with Gasteiger partial charge in [-0.15, -0.1) is 0 Å². The summed E-state index contributed by atoms with van der Waals surface area (Å²) in [6.07, 6.45) is 0. The zero-order valence-corrected chi connectivity index (χ0v) is 15.1. The average molecular weight is 367 g/mol. The van der Waals surface area contributed by atoms with Gasteiger partial charge in [0.15, 0.2) is 0 Å². The number of nitrogens with zero attached hydrogens (tertiary/aromatic N) is 2. The van der Waals surface area contributed by atoms with E-state index in [0.29, 0.717) is 33.9 Å². The summed E-state index contributed by atoms with van der Waals surface area (Å²) in [5, 5.41) is 13.8. The van der Waals surface area contributed by atoms with Crippen LogP contribution in [0.25, 0.3) is 5.69 Å². The number of aryl methyl sites for hydroxylation is 1. The average Bonchev–Trinajstić information content (AvgIpc) is 2.91. The molecule has 0 atom stereocenters. The maximum Gasteiger partial charge on any atom is 0.274 e. The maximum atomic E-state index is 14.2. The molecule has 3 rings (SSSR count). The fraction of sp³-hybridized carbons (Fsp3) is 0.150. The number of rotatable bonds is 4. The quantitative estimate of drug-likeness (QED) is 0.536. The number of aromatic nitrogens is 1. The molecule has 1 heterocycles. The SMILES string of the molecule is Cc1c(NC(=O)c2cc(C)n(-c3ccccc3F)c2C)cccc1[N+](=O)[O-]. The van der Waals surface area contributed by atoms with Crippen LogP contribution in [0.5, 0.6) is 0 Å². The van der Waals surface area contributed by atoms with Gasteiger partial charge in [0.1, 0.15) is 5.82 Å². The van der Waals surface area contributed by atoms with E-state index >= 15 is 0 Å². The summed E-state index contributed by atoms with van der Waals surface area (Å²) >= 11 is 0. The van der Waals surface area contributed by atoms with E-state index in [4.69, 9.17) is 0 Å². The maximum absolute atomic E-state index is 14.2. The van der Waals surface area contributed by atoms with Crippen LogP contribution in [0.4, 0.5) is 15.8 Å². The highest BCUT2D eigenvalue weighted by Crippen LogP contribution is 2.27. The Morgan fingerprint density at radius 3 is 2.48 bits per heavy atom. The largest absolute Gasteiger partial charge is 0.321 e. The Morgan fingerprint density at radius 1 is 1.11 bits per heavy atom. The number of para-hydroxylation sites is 1. The highest BCUT2D eigenvalue weighted by atomic mass is 19.1. The lowest BCUT2D eigenvalue weighted by Crippen LogP contribution is -2.14. The number of carbonyl (C=O) groups is 1. The van der Waals surface area contributed by atoms with Gasteiger partial charge < -0.3 is 9.88 Å². The van der Waals surface area contributed by atoms with Gasteiger partial charge in [-0.05, 0) is 45.0 Å². The van der Waals surface area contributed by atoms with Crippen LogP contribution in [0.2, 0.25) is 0 Å². The van der Waals surface area contributed by atoms with E-state index in [-0.39, 0.29) is 11.5 Å². The number of anilines is 1. The van der Waals surface area contributed by atoms with Gasteiger partial charge in [0.25, 0.3) is 11.6 Å². The number of carbonyl (C=O) groups excluding carboxylic acids is 1. The second-order valence-electron chi connectivity index (χ2n) is 6.23. The van der Waals surface area contributed by atoms with Crippen LogP contribution >= 0.6 is 0 Å². The first-order valence-corrected chi connectivity index (χ1v) is 8.30. The molecule has 0 bridgehead atoms. The van der Waals surface area contributed by atoms with Crippen molar-refractivity contribution in [2.24, 2.45) is 0 Å². The molecule has 0 saturated heterocycles. The molecule has 0 aliphatic rings. The van der Waals surface area contributed by atoms with Crippen LogP contribution in [0.1, 0.15) is 27.3 Å². The Labute approximate surface area is 155 Å². The highest BCUT2D eigenvalue weighted by molar-refractivity contribution is 6.06. The number of nitro groups is 1. The molecule has 1 amide bonds. The first kappa shape index (κ1) is 18.3. The first-order valence-electron chi connectivity index (χ1n) is 8.30. The van der Waals surface area contributed by atoms with Crippen molar-refractivity contribution in [2.45, 2.75) is 20.8 Å². The molecule has 6 nitrogen and oxygen atoms in total. The lowest BCUT2D eigenvalue weighted by Gasteiger charge is -2.11. The fourth-order valence-electron chi connectivity index (χ4n) is 3.14. The van der Waals surface area contributed by atoms with E-state index in [9.17, 15) is 19.3 Å². The summed E-state index contributed by atoms with van der Waals surface area (Å²) in [7, 11) is 0. The fourth-order valence-corrected chi connectivity index (χ4v) is 3.14. The van der Waals surface area contributed by atoms with Crippen molar-refractivity contribution >= 4 is 17.3 Å². The molecule has 1 N–H and O–H groups in total. The molecule has 7 heteroatoms. The van der Waals surface area contributed by atoms with Crippen LogP contribution in [0.15, 0.2) is 48.5 Å². The zero-order chi connectivity index (χ0) is 19.7. The van der Waals surface area contributed by atoms with Gasteiger partial charge in [-0.3, -0.25) is 14.9 Å². The van der Waals surface area contributed by atoms with E-state index in [1.165, 1.54) is 18.2 Å². The molecule has 27 heavy (non-hydrogen) atoms. The molecular formula is C20H18FN3O3. The molecular weight excluding hydrogens is 349 g/mol. The van der Waals surface area contributed by atoms with Crippen LogP contribution in [-0.2, 0) is 0 Å². The monoisotopic (exact) mass is 367 g/mol. The van der Waals surface area contributed by atoms with Gasteiger partial charge in [-0.1, -0.05) is 18.2 Å². The lowest BCUT2D eigenvalue weighted by atomic mass is 10.1. The predicted molar refractivity (Wildman–Crippen MR) is 101 cm³/mol. The van der Waals surface area contributed by atoms with Crippen LogP contribution in [-0.4, -0.2) is 15.4 Å². The van der Waals surface area contributed by atoms with E-state index in [1.54, 1.807) is 55.7 Å². The molecule has 0 spiro atoms. The molecule has 0 fully saturated rings. The molecule has 3 aromatic rings. The number of benzene rings is 2. The smallest absolute Gasteiger partial charge is 0.274 e. The van der Waals surface area contributed by atoms with Crippen LogP contribution < -0.4 is 5.32 Å². The molecule has 2 aromatic carbocycles. The number of halogens is 1. The molecule has 0 aliphatic carbocycles. The number of hydrogen-bond acceptors (Lipinski definition) is 3. The van der Waals surface area contributed by atoms with Crippen molar-refractivity contribution in [1.82, 2.24) is 4.57 Å². The summed E-state index contributed by atoms with van der Waals surface area (Å²) in [4.78, 5) is 23.3. The Morgan fingerprint density at radius 2 is 1.81 bits per heavy atom. The molecule has 0 radical (unpaired) electrons. The summed E-state index contributed by atoms with van der Waals surface area (Å²) < 4.78 is 15.9. The van der Waals surface area contributed by atoms with E-state index in [0.717, 1.165) is 0 Å². The van der Waals surface area contributed by atoms with Crippen molar-refractivity contribution in [3.63, 3.8) is 0 Å². The Bertz CT molecular complexity index is 1060. The van der Waals surface area contributed by atoms with Gasteiger partial charge in [-0.2, -0.15) is 0 Å². The number of nitro benzene ring substituents is 1. The summed E-state index contributed by atoms with van der Waals surface area (Å²) in [6, 6.07) is 12.5. The first-order chi connectivity index (χ1) is 12.8. The topological polar surface area (TPSA) is 77.2 Å². The van der Waals surface area contributed by atoms with Crippen molar-refractivity contribution in [3.8, 4) is 5.69 Å². The number of nitrogens with one attached hydrogen (secondary N) is 1. The minimum absolute atomic E-state index is 0.0652. The second-order valence-corrected chi connectivity index (χ2v) is 6.23. The zero-order valence-electron chi connectivity index (χ0n) is 15.1.